The Kier molecular flexibility index (Phi) is 7.25. The molecule has 3 rings (SSSR count). The average Bonchev–Trinajstić information content (AvgIpc) is 3.25. The van der Waals surface area contributed by atoms with E-state index < -0.39 is 5.97 Å². The van der Waals surface area contributed by atoms with Crippen LogP contribution < -0.4 is 0 Å². The van der Waals surface area contributed by atoms with Crippen molar-refractivity contribution in [1.29, 1.82) is 0 Å². The summed E-state index contributed by atoms with van der Waals surface area (Å²) in [7, 11) is 0. The molecule has 1 aromatic rings. The van der Waals surface area contributed by atoms with Crippen LogP contribution in [0.3, 0.4) is 0 Å². The molecule has 4 nitrogen and oxygen atoms in total. The van der Waals surface area contributed by atoms with Crippen LogP contribution in [0.5, 0.6) is 0 Å². The van der Waals surface area contributed by atoms with Gasteiger partial charge in [-0.25, -0.2) is 4.79 Å². The highest BCUT2D eigenvalue weighted by Gasteiger charge is 2.47. The molecular weight excluding hydrogens is 340 g/mol. The molecule has 2 aliphatic rings. The lowest BCUT2D eigenvalue weighted by Crippen LogP contribution is -2.28. The van der Waals surface area contributed by atoms with Crippen LogP contribution in [-0.2, 0) is 16.0 Å². The van der Waals surface area contributed by atoms with Crippen LogP contribution in [0, 0.1) is 11.8 Å². The van der Waals surface area contributed by atoms with E-state index in [9.17, 15) is 9.90 Å². The van der Waals surface area contributed by atoms with Gasteiger partial charge in [0.15, 0.2) is 0 Å². The molecule has 2 saturated heterocycles. The standard InChI is InChI=1S/C23H30O4/c24-18(16-17-8-4-3-5-9-17)12-13-20-19(21-14-15-22(20)27-21)10-6-1-2-7-11-23(25)26/h1,3-9,11,18-22,24H,2,10,12-16H2,(H,25,26)/t18?,19-,20+,21-,22+/m0/s1. The third-order valence-electron chi connectivity index (χ3n) is 5.85. The van der Waals surface area contributed by atoms with E-state index in [2.05, 4.69) is 18.2 Å². The quantitative estimate of drug-likeness (QED) is 0.480. The highest BCUT2D eigenvalue weighted by Crippen LogP contribution is 2.47. The Morgan fingerprint density at radius 3 is 2.59 bits per heavy atom. The molecule has 0 aromatic heterocycles. The van der Waals surface area contributed by atoms with Crippen molar-refractivity contribution < 1.29 is 19.7 Å². The van der Waals surface area contributed by atoms with Gasteiger partial charge in [-0.2, -0.15) is 0 Å². The molecule has 0 aliphatic carbocycles. The second kappa shape index (κ2) is 9.86. The largest absolute Gasteiger partial charge is 0.478 e. The summed E-state index contributed by atoms with van der Waals surface area (Å²) in [6, 6.07) is 10.2. The van der Waals surface area contributed by atoms with Gasteiger partial charge in [-0.1, -0.05) is 48.6 Å². The molecule has 1 aromatic carbocycles. The molecule has 2 aliphatic heterocycles. The van der Waals surface area contributed by atoms with Gasteiger partial charge in [-0.05, 0) is 62.3 Å². The third kappa shape index (κ3) is 5.78. The molecule has 0 spiro atoms. The van der Waals surface area contributed by atoms with E-state index in [0.717, 1.165) is 32.1 Å². The SMILES string of the molecule is O=C(O)C=CCC=CC[C@H]1[C@@H](CCC(O)Cc2ccccc2)[C@H]2CC[C@@H]1O2. The molecule has 0 saturated carbocycles. The van der Waals surface area contributed by atoms with Gasteiger partial charge in [0.25, 0.3) is 0 Å². The van der Waals surface area contributed by atoms with Gasteiger partial charge in [0.05, 0.1) is 18.3 Å². The molecular formula is C23H30O4. The average molecular weight is 370 g/mol. The lowest BCUT2D eigenvalue weighted by atomic mass is 9.75. The molecule has 2 fully saturated rings. The number of benzene rings is 1. The molecule has 2 heterocycles. The summed E-state index contributed by atoms with van der Waals surface area (Å²) < 4.78 is 6.15. The predicted octanol–water partition coefficient (Wildman–Crippen LogP) is 4.14. The molecule has 0 amide bonds. The Balaban J connectivity index is 1.46. The van der Waals surface area contributed by atoms with E-state index in [-0.39, 0.29) is 6.10 Å². The van der Waals surface area contributed by atoms with Crippen molar-refractivity contribution in [2.24, 2.45) is 11.8 Å². The van der Waals surface area contributed by atoms with Crippen molar-refractivity contribution in [3.8, 4) is 0 Å². The minimum absolute atomic E-state index is 0.302. The van der Waals surface area contributed by atoms with Gasteiger partial charge >= 0.3 is 5.97 Å². The second-order valence-corrected chi connectivity index (χ2v) is 7.72. The molecule has 2 bridgehead atoms. The van der Waals surface area contributed by atoms with Crippen molar-refractivity contribution in [2.75, 3.05) is 0 Å². The summed E-state index contributed by atoms with van der Waals surface area (Å²) in [5.41, 5.74) is 1.18. The molecule has 5 atom stereocenters. The number of ether oxygens (including phenoxy) is 1. The van der Waals surface area contributed by atoms with E-state index in [1.54, 1.807) is 6.08 Å². The topological polar surface area (TPSA) is 66.8 Å². The summed E-state index contributed by atoms with van der Waals surface area (Å²) in [6.07, 6.45) is 13.9. The number of aliphatic carboxylic acids is 1. The lowest BCUT2D eigenvalue weighted by Gasteiger charge is -2.28. The van der Waals surface area contributed by atoms with E-state index in [1.165, 1.54) is 11.6 Å². The Morgan fingerprint density at radius 1 is 1.11 bits per heavy atom. The van der Waals surface area contributed by atoms with E-state index in [1.807, 2.05) is 24.3 Å². The second-order valence-electron chi connectivity index (χ2n) is 7.72. The summed E-state index contributed by atoms with van der Waals surface area (Å²) in [5, 5.41) is 19.0. The Labute approximate surface area is 161 Å². The number of allylic oxidation sites excluding steroid dienone is 3. The Hall–Kier alpha value is -1.91. The maximum Gasteiger partial charge on any atom is 0.327 e. The Morgan fingerprint density at radius 2 is 1.85 bits per heavy atom. The van der Waals surface area contributed by atoms with Crippen molar-refractivity contribution in [1.82, 2.24) is 0 Å². The van der Waals surface area contributed by atoms with E-state index >= 15 is 0 Å². The van der Waals surface area contributed by atoms with Gasteiger partial charge < -0.3 is 14.9 Å². The van der Waals surface area contributed by atoms with Gasteiger partial charge in [-0.15, -0.1) is 0 Å². The molecule has 1 unspecified atom stereocenters. The molecule has 27 heavy (non-hydrogen) atoms. The molecule has 4 heteroatoms. The maximum absolute atomic E-state index is 10.5. The predicted molar refractivity (Wildman–Crippen MR) is 105 cm³/mol. The van der Waals surface area contributed by atoms with Crippen molar-refractivity contribution in [3.05, 3.63) is 60.2 Å². The molecule has 146 valence electrons. The number of rotatable bonds is 10. The van der Waals surface area contributed by atoms with Gasteiger partial charge in [0.1, 0.15) is 0 Å². The van der Waals surface area contributed by atoms with Crippen molar-refractivity contribution >= 4 is 5.97 Å². The molecule has 0 radical (unpaired) electrons. The van der Waals surface area contributed by atoms with Crippen LogP contribution >= 0.6 is 0 Å². The number of fused-ring (bicyclic) bond motifs is 2. The first-order chi connectivity index (χ1) is 13.1. The summed E-state index contributed by atoms with van der Waals surface area (Å²) in [6.45, 7) is 0. The number of carboxylic acid groups (broad SMARTS) is 1. The lowest BCUT2D eigenvalue weighted by molar-refractivity contribution is -0.131. The van der Waals surface area contributed by atoms with Crippen LogP contribution in [-0.4, -0.2) is 34.5 Å². The van der Waals surface area contributed by atoms with Crippen molar-refractivity contribution in [3.63, 3.8) is 0 Å². The smallest absolute Gasteiger partial charge is 0.327 e. The Bertz CT molecular complexity index is 652. The van der Waals surface area contributed by atoms with Gasteiger partial charge in [0.2, 0.25) is 0 Å². The summed E-state index contributed by atoms with van der Waals surface area (Å²) >= 11 is 0. The first kappa shape index (κ1) is 19.8. The minimum Gasteiger partial charge on any atom is -0.478 e. The van der Waals surface area contributed by atoms with Crippen LogP contribution in [0.4, 0.5) is 0 Å². The first-order valence-electron chi connectivity index (χ1n) is 10.1. The van der Waals surface area contributed by atoms with Gasteiger partial charge in [0, 0.05) is 6.08 Å². The fourth-order valence-corrected chi connectivity index (χ4v) is 4.57. The van der Waals surface area contributed by atoms with Crippen LogP contribution in [0.25, 0.3) is 0 Å². The zero-order chi connectivity index (χ0) is 19.1. The van der Waals surface area contributed by atoms with Crippen LogP contribution in [0.1, 0.15) is 44.1 Å². The van der Waals surface area contributed by atoms with Crippen LogP contribution in [0.2, 0.25) is 0 Å². The molecule has 2 N–H and O–H groups in total. The third-order valence-corrected chi connectivity index (χ3v) is 5.85. The maximum atomic E-state index is 10.5. The van der Waals surface area contributed by atoms with Crippen LogP contribution in [0.15, 0.2) is 54.6 Å². The zero-order valence-electron chi connectivity index (χ0n) is 15.7. The van der Waals surface area contributed by atoms with E-state index in [4.69, 9.17) is 9.84 Å². The first-order valence-corrected chi connectivity index (χ1v) is 10.1. The minimum atomic E-state index is -0.904. The van der Waals surface area contributed by atoms with E-state index in [0.29, 0.717) is 36.9 Å². The number of carbonyl (C=O) groups is 1. The summed E-state index contributed by atoms with van der Waals surface area (Å²) in [5.74, 6) is 0.139. The summed E-state index contributed by atoms with van der Waals surface area (Å²) in [4.78, 5) is 10.5. The monoisotopic (exact) mass is 370 g/mol. The fourth-order valence-electron chi connectivity index (χ4n) is 4.57. The number of hydrogen-bond donors (Lipinski definition) is 2. The number of aliphatic hydroxyl groups is 1. The normalized spacial score (nSPS) is 28.3. The fraction of sp³-hybridized carbons (Fsp3) is 0.522. The number of carboxylic acids is 1. The number of hydrogen-bond acceptors (Lipinski definition) is 3. The highest BCUT2D eigenvalue weighted by atomic mass is 16.5. The zero-order valence-corrected chi connectivity index (χ0v) is 15.7. The highest BCUT2D eigenvalue weighted by molar-refractivity contribution is 5.79. The van der Waals surface area contributed by atoms with Crippen molar-refractivity contribution in [2.45, 2.75) is 63.3 Å². The van der Waals surface area contributed by atoms with Gasteiger partial charge in [-0.3, -0.25) is 0 Å². The number of aliphatic hydroxyl groups excluding tert-OH is 1.